The number of rotatable bonds is 0. The average Bonchev–Trinajstić information content (AvgIpc) is 1.94. The molecule has 0 spiro atoms. The molecular formula is C5H14N2O2. The van der Waals surface area contributed by atoms with Gasteiger partial charge in [-0.05, 0) is 6.92 Å². The van der Waals surface area contributed by atoms with E-state index in [1.165, 1.54) is 0 Å². The van der Waals surface area contributed by atoms with Gasteiger partial charge in [-0.1, -0.05) is 0 Å². The Morgan fingerprint density at radius 1 is 1.33 bits per heavy atom. The Morgan fingerprint density at radius 3 is 2.22 bits per heavy atom. The maximum absolute atomic E-state index is 5.15. The highest BCUT2D eigenvalue weighted by Gasteiger charge is 2.06. The van der Waals surface area contributed by atoms with Gasteiger partial charge in [0.05, 0.1) is 25.9 Å². The predicted octanol–water partition coefficient (Wildman–Crippen LogP) is -0.759. The lowest BCUT2D eigenvalue weighted by atomic mass is 10.4. The maximum atomic E-state index is 5.15. The van der Waals surface area contributed by atoms with Crippen LogP contribution < -0.4 is 11.7 Å². The van der Waals surface area contributed by atoms with Gasteiger partial charge in [-0.15, -0.1) is 0 Å². The quantitative estimate of drug-likeness (QED) is 0.337. The smallest absolute Gasteiger partial charge is 0.0781 e. The highest BCUT2D eigenvalue weighted by molar-refractivity contribution is 4.50. The summed E-state index contributed by atoms with van der Waals surface area (Å²) in [6.07, 6.45) is 0.314. The lowest BCUT2D eigenvalue weighted by Gasteiger charge is -2.18. The lowest BCUT2D eigenvalue weighted by molar-refractivity contribution is -0.0797. The number of nitrogens with two attached hydrogens (primary N) is 2. The first kappa shape index (κ1) is 8.84. The molecule has 56 valence electrons. The van der Waals surface area contributed by atoms with Crippen LogP contribution in [0, 0.1) is 0 Å². The lowest BCUT2D eigenvalue weighted by Crippen LogP contribution is -2.25. The molecule has 4 nitrogen and oxygen atoms in total. The van der Waals surface area contributed by atoms with Crippen molar-refractivity contribution in [3.63, 3.8) is 0 Å². The van der Waals surface area contributed by atoms with Gasteiger partial charge < -0.3 is 9.47 Å². The van der Waals surface area contributed by atoms with Crippen molar-refractivity contribution in [2.24, 2.45) is 11.7 Å². The van der Waals surface area contributed by atoms with Gasteiger partial charge in [-0.25, -0.2) is 0 Å². The zero-order valence-corrected chi connectivity index (χ0v) is 5.67. The Labute approximate surface area is 55.1 Å². The number of hydrogen-bond acceptors (Lipinski definition) is 4. The van der Waals surface area contributed by atoms with Gasteiger partial charge in [0.15, 0.2) is 0 Å². The van der Waals surface area contributed by atoms with Crippen LogP contribution in [0.5, 0.6) is 0 Å². The molecule has 9 heavy (non-hydrogen) atoms. The minimum absolute atomic E-state index is 0.314. The van der Waals surface area contributed by atoms with E-state index in [4.69, 9.17) is 9.47 Å². The molecule has 1 aliphatic heterocycles. The maximum Gasteiger partial charge on any atom is 0.0781 e. The molecule has 0 aromatic heterocycles. The van der Waals surface area contributed by atoms with Crippen LogP contribution in [0.3, 0.4) is 0 Å². The second kappa shape index (κ2) is 5.97. The first-order valence-corrected chi connectivity index (χ1v) is 2.92. The summed E-state index contributed by atoms with van der Waals surface area (Å²) in [5, 5.41) is 0. The Balaban J connectivity index is 0.000000291. The van der Waals surface area contributed by atoms with Gasteiger partial charge in [-0.3, -0.25) is 11.7 Å². The monoisotopic (exact) mass is 134 g/mol. The van der Waals surface area contributed by atoms with Crippen molar-refractivity contribution in [1.82, 2.24) is 0 Å². The van der Waals surface area contributed by atoms with E-state index in [1.807, 2.05) is 6.92 Å². The Bertz CT molecular complexity index is 54.9. The van der Waals surface area contributed by atoms with Crippen molar-refractivity contribution in [2.75, 3.05) is 19.8 Å². The summed E-state index contributed by atoms with van der Waals surface area (Å²) in [6.45, 7) is 4.31. The zero-order chi connectivity index (χ0) is 7.11. The van der Waals surface area contributed by atoms with Gasteiger partial charge >= 0.3 is 0 Å². The van der Waals surface area contributed by atoms with Crippen LogP contribution in [0.15, 0.2) is 0 Å². The zero-order valence-electron chi connectivity index (χ0n) is 5.67. The second-order valence-corrected chi connectivity index (χ2v) is 1.76. The molecule has 1 saturated heterocycles. The van der Waals surface area contributed by atoms with Crippen LogP contribution in [0.2, 0.25) is 0 Å². The fourth-order valence-electron chi connectivity index (χ4n) is 0.606. The number of hydrazine groups is 1. The van der Waals surface area contributed by atoms with E-state index in [0.717, 1.165) is 19.8 Å². The fourth-order valence-corrected chi connectivity index (χ4v) is 0.606. The highest BCUT2D eigenvalue weighted by Crippen LogP contribution is 1.96. The van der Waals surface area contributed by atoms with Crippen molar-refractivity contribution in [2.45, 2.75) is 13.0 Å². The van der Waals surface area contributed by atoms with Gasteiger partial charge in [0, 0.05) is 0 Å². The molecule has 0 amide bonds. The third-order valence-electron chi connectivity index (χ3n) is 0.983. The summed E-state index contributed by atoms with van der Waals surface area (Å²) in [6, 6.07) is 0. The van der Waals surface area contributed by atoms with Gasteiger partial charge in [-0.2, -0.15) is 0 Å². The Hall–Kier alpha value is -0.160. The molecular weight excluding hydrogens is 120 g/mol. The van der Waals surface area contributed by atoms with Crippen molar-refractivity contribution in [3.8, 4) is 0 Å². The molecule has 0 saturated carbocycles. The van der Waals surface area contributed by atoms with Crippen molar-refractivity contribution in [1.29, 1.82) is 0 Å². The molecule has 0 radical (unpaired) electrons. The third kappa shape index (κ3) is 4.35. The Kier molecular flexibility index (Phi) is 5.86. The molecule has 1 fully saturated rings. The predicted molar refractivity (Wildman–Crippen MR) is 34.6 cm³/mol. The molecule has 4 heteroatoms. The largest absolute Gasteiger partial charge is 0.376 e. The van der Waals surface area contributed by atoms with Crippen LogP contribution in [0.1, 0.15) is 6.92 Å². The van der Waals surface area contributed by atoms with Gasteiger partial charge in [0.25, 0.3) is 0 Å². The Morgan fingerprint density at radius 2 is 2.00 bits per heavy atom. The molecule has 0 aromatic carbocycles. The average molecular weight is 134 g/mol. The number of ether oxygens (including phenoxy) is 2. The summed E-state index contributed by atoms with van der Waals surface area (Å²) >= 11 is 0. The van der Waals surface area contributed by atoms with E-state index in [2.05, 4.69) is 11.7 Å². The van der Waals surface area contributed by atoms with E-state index >= 15 is 0 Å². The van der Waals surface area contributed by atoms with Crippen molar-refractivity contribution < 1.29 is 9.47 Å². The van der Waals surface area contributed by atoms with Crippen molar-refractivity contribution in [3.05, 3.63) is 0 Å². The molecule has 1 rings (SSSR count). The molecule has 0 aromatic rings. The standard InChI is InChI=1S/C5H10O2.H4N2/c1-5-4-6-2-3-7-5;1-2/h5H,2-4H2,1H3;1-2H2. The van der Waals surface area contributed by atoms with E-state index in [-0.39, 0.29) is 0 Å². The first-order valence-electron chi connectivity index (χ1n) is 2.92. The van der Waals surface area contributed by atoms with E-state index in [0.29, 0.717) is 6.10 Å². The molecule has 1 atom stereocenters. The molecule has 0 aliphatic carbocycles. The highest BCUT2D eigenvalue weighted by atomic mass is 16.6. The molecule has 4 N–H and O–H groups in total. The molecule has 1 aliphatic rings. The first-order chi connectivity index (χ1) is 4.39. The van der Waals surface area contributed by atoms with Crippen LogP contribution in [0.4, 0.5) is 0 Å². The summed E-state index contributed by atoms with van der Waals surface area (Å²) in [7, 11) is 0. The summed E-state index contributed by atoms with van der Waals surface area (Å²) in [4.78, 5) is 0. The van der Waals surface area contributed by atoms with E-state index < -0.39 is 0 Å². The summed E-state index contributed by atoms with van der Waals surface area (Å²) in [5.41, 5.74) is 0. The van der Waals surface area contributed by atoms with Crippen LogP contribution in [-0.4, -0.2) is 25.9 Å². The minimum Gasteiger partial charge on any atom is -0.376 e. The summed E-state index contributed by atoms with van der Waals surface area (Å²) < 4.78 is 10.2. The van der Waals surface area contributed by atoms with Crippen LogP contribution >= 0.6 is 0 Å². The number of hydrogen-bond donors (Lipinski definition) is 2. The van der Waals surface area contributed by atoms with Crippen LogP contribution in [0.25, 0.3) is 0 Å². The van der Waals surface area contributed by atoms with E-state index in [9.17, 15) is 0 Å². The fraction of sp³-hybridized carbons (Fsp3) is 1.00. The van der Waals surface area contributed by atoms with Gasteiger partial charge in [0.1, 0.15) is 0 Å². The van der Waals surface area contributed by atoms with E-state index in [1.54, 1.807) is 0 Å². The molecule has 0 bridgehead atoms. The van der Waals surface area contributed by atoms with Crippen LogP contribution in [-0.2, 0) is 9.47 Å². The molecule has 1 heterocycles. The minimum atomic E-state index is 0.314. The third-order valence-corrected chi connectivity index (χ3v) is 0.983. The molecule has 1 unspecified atom stereocenters. The second-order valence-electron chi connectivity index (χ2n) is 1.76. The van der Waals surface area contributed by atoms with Gasteiger partial charge in [0.2, 0.25) is 0 Å². The van der Waals surface area contributed by atoms with Crippen molar-refractivity contribution >= 4 is 0 Å². The summed E-state index contributed by atoms with van der Waals surface area (Å²) in [5.74, 6) is 8.00. The topological polar surface area (TPSA) is 70.5 Å². The normalized spacial score (nSPS) is 26.3. The SMILES string of the molecule is CC1COCCO1.NN.